The first-order valence-electron chi connectivity index (χ1n) is 5.43. The van der Waals surface area contributed by atoms with Crippen molar-refractivity contribution in [2.45, 2.75) is 19.4 Å². The molecular weight excluding hydrogens is 236 g/mol. The molecule has 0 unspecified atom stereocenters. The minimum Gasteiger partial charge on any atom is -0.389 e. The van der Waals surface area contributed by atoms with Crippen LogP contribution < -0.4 is 0 Å². The van der Waals surface area contributed by atoms with E-state index in [2.05, 4.69) is 0 Å². The maximum absolute atomic E-state index is 11.9. The first kappa shape index (κ1) is 14.1. The molecule has 0 aromatic heterocycles. The van der Waals surface area contributed by atoms with Gasteiger partial charge in [-0.15, -0.1) is 0 Å². The number of benzene rings is 1. The van der Waals surface area contributed by atoms with Gasteiger partial charge in [-0.2, -0.15) is 0 Å². The lowest BCUT2D eigenvalue weighted by molar-refractivity contribution is -0.384. The molecule has 0 fully saturated rings. The summed E-state index contributed by atoms with van der Waals surface area (Å²) in [6, 6.07) is 5.37. The summed E-state index contributed by atoms with van der Waals surface area (Å²) in [6.45, 7) is 3.39. The fourth-order valence-corrected chi connectivity index (χ4v) is 1.60. The number of aliphatic hydroxyl groups is 1. The summed E-state index contributed by atoms with van der Waals surface area (Å²) in [4.78, 5) is 23.3. The molecule has 1 aromatic rings. The first-order valence-corrected chi connectivity index (χ1v) is 5.43. The van der Waals surface area contributed by atoms with Crippen LogP contribution in [0, 0.1) is 10.1 Å². The Labute approximate surface area is 105 Å². The van der Waals surface area contributed by atoms with Crippen LogP contribution in [-0.4, -0.2) is 40.0 Å². The van der Waals surface area contributed by atoms with Crippen molar-refractivity contribution in [2.24, 2.45) is 0 Å². The zero-order valence-electron chi connectivity index (χ0n) is 10.6. The van der Waals surface area contributed by atoms with Crippen molar-refractivity contribution in [1.82, 2.24) is 4.90 Å². The summed E-state index contributed by atoms with van der Waals surface area (Å²) in [6.07, 6.45) is 0. The standard InChI is InChI=1S/C12H16N2O4/c1-12(2,16)8-13(3)11(15)9-4-6-10(7-5-9)14(17)18/h4-7,16H,8H2,1-3H3. The van der Waals surface area contributed by atoms with Crippen LogP contribution in [0.2, 0.25) is 0 Å². The molecule has 1 N–H and O–H groups in total. The monoisotopic (exact) mass is 252 g/mol. The lowest BCUT2D eigenvalue weighted by atomic mass is 10.1. The van der Waals surface area contributed by atoms with Crippen LogP contribution in [0.25, 0.3) is 0 Å². The van der Waals surface area contributed by atoms with Crippen molar-refractivity contribution >= 4 is 11.6 Å². The van der Waals surface area contributed by atoms with Crippen LogP contribution in [0.3, 0.4) is 0 Å². The van der Waals surface area contributed by atoms with Gasteiger partial charge >= 0.3 is 0 Å². The first-order chi connectivity index (χ1) is 8.20. The Kier molecular flexibility index (Phi) is 4.03. The summed E-state index contributed by atoms with van der Waals surface area (Å²) in [5.74, 6) is -0.285. The Morgan fingerprint density at radius 2 is 1.89 bits per heavy atom. The summed E-state index contributed by atoms with van der Waals surface area (Å²) < 4.78 is 0. The van der Waals surface area contributed by atoms with Gasteiger partial charge in [-0.1, -0.05) is 0 Å². The molecule has 0 saturated heterocycles. The Morgan fingerprint density at radius 3 is 2.28 bits per heavy atom. The smallest absolute Gasteiger partial charge is 0.269 e. The summed E-state index contributed by atoms with van der Waals surface area (Å²) >= 11 is 0. The van der Waals surface area contributed by atoms with Crippen molar-refractivity contribution in [3.63, 3.8) is 0 Å². The van der Waals surface area contributed by atoms with Gasteiger partial charge in [-0.3, -0.25) is 14.9 Å². The summed E-state index contributed by atoms with van der Waals surface area (Å²) in [5.41, 5.74) is -0.686. The third-order valence-corrected chi connectivity index (χ3v) is 2.30. The molecule has 6 nitrogen and oxygen atoms in total. The van der Waals surface area contributed by atoms with Crippen molar-refractivity contribution in [3.05, 3.63) is 39.9 Å². The molecule has 0 bridgehead atoms. The molecule has 0 atom stereocenters. The van der Waals surface area contributed by atoms with E-state index in [0.717, 1.165) is 0 Å². The van der Waals surface area contributed by atoms with Crippen LogP contribution in [-0.2, 0) is 0 Å². The highest BCUT2D eigenvalue weighted by Crippen LogP contribution is 2.14. The van der Waals surface area contributed by atoms with Crippen LogP contribution in [0.5, 0.6) is 0 Å². The molecule has 18 heavy (non-hydrogen) atoms. The van der Waals surface area contributed by atoms with Gasteiger partial charge in [0.2, 0.25) is 0 Å². The fourth-order valence-electron chi connectivity index (χ4n) is 1.60. The number of nitro benzene ring substituents is 1. The van der Waals surface area contributed by atoms with Crippen molar-refractivity contribution < 1.29 is 14.8 Å². The van der Waals surface area contributed by atoms with Gasteiger partial charge in [0, 0.05) is 31.3 Å². The van der Waals surface area contributed by atoms with E-state index < -0.39 is 10.5 Å². The van der Waals surface area contributed by atoms with Crippen LogP contribution in [0.15, 0.2) is 24.3 Å². The van der Waals surface area contributed by atoms with Gasteiger partial charge in [0.15, 0.2) is 0 Å². The highest BCUT2D eigenvalue weighted by Gasteiger charge is 2.20. The van der Waals surface area contributed by atoms with E-state index in [1.54, 1.807) is 20.9 Å². The normalized spacial score (nSPS) is 11.1. The SMILES string of the molecule is CN(CC(C)(C)O)C(=O)c1ccc([N+](=O)[O-])cc1. The number of likely N-dealkylation sites (N-methyl/N-ethyl adjacent to an activating group) is 1. The molecule has 1 aromatic carbocycles. The van der Waals surface area contributed by atoms with Gasteiger partial charge in [-0.05, 0) is 26.0 Å². The molecule has 0 aliphatic carbocycles. The minimum absolute atomic E-state index is 0.0586. The third kappa shape index (κ3) is 3.81. The van der Waals surface area contributed by atoms with E-state index in [1.165, 1.54) is 29.2 Å². The molecule has 6 heteroatoms. The molecular formula is C12H16N2O4. The molecule has 1 rings (SSSR count). The van der Waals surface area contributed by atoms with Gasteiger partial charge in [-0.25, -0.2) is 0 Å². The van der Waals surface area contributed by atoms with Crippen LogP contribution >= 0.6 is 0 Å². The van der Waals surface area contributed by atoms with E-state index in [-0.39, 0.29) is 18.1 Å². The highest BCUT2D eigenvalue weighted by atomic mass is 16.6. The molecule has 98 valence electrons. The largest absolute Gasteiger partial charge is 0.389 e. The zero-order chi connectivity index (χ0) is 13.9. The molecule has 0 aliphatic rings. The maximum atomic E-state index is 11.9. The second-order valence-corrected chi connectivity index (χ2v) is 4.78. The Bertz CT molecular complexity index is 448. The van der Waals surface area contributed by atoms with E-state index in [0.29, 0.717) is 5.56 Å². The van der Waals surface area contributed by atoms with Crippen LogP contribution in [0.1, 0.15) is 24.2 Å². The number of hydrogen-bond acceptors (Lipinski definition) is 4. The summed E-state index contributed by atoms with van der Waals surface area (Å²) in [7, 11) is 1.57. The zero-order valence-corrected chi connectivity index (χ0v) is 10.6. The van der Waals surface area contributed by atoms with Crippen LogP contribution in [0.4, 0.5) is 5.69 Å². The fraction of sp³-hybridized carbons (Fsp3) is 0.417. The average molecular weight is 252 g/mol. The van der Waals surface area contributed by atoms with Crippen molar-refractivity contribution in [1.29, 1.82) is 0 Å². The number of non-ortho nitro benzene ring substituents is 1. The van der Waals surface area contributed by atoms with Gasteiger partial charge in [0.1, 0.15) is 0 Å². The number of hydrogen-bond donors (Lipinski definition) is 1. The second-order valence-electron chi connectivity index (χ2n) is 4.78. The van der Waals surface area contributed by atoms with E-state index in [4.69, 9.17) is 0 Å². The maximum Gasteiger partial charge on any atom is 0.269 e. The number of carbonyl (C=O) groups excluding carboxylic acids is 1. The summed E-state index contributed by atoms with van der Waals surface area (Å²) in [5, 5.41) is 20.1. The van der Waals surface area contributed by atoms with Crippen molar-refractivity contribution in [3.8, 4) is 0 Å². The number of amides is 1. The Morgan fingerprint density at radius 1 is 1.39 bits per heavy atom. The molecule has 0 aliphatic heterocycles. The predicted octanol–water partition coefficient (Wildman–Crippen LogP) is 1.44. The van der Waals surface area contributed by atoms with Gasteiger partial charge < -0.3 is 10.0 Å². The lowest BCUT2D eigenvalue weighted by Gasteiger charge is -2.25. The predicted molar refractivity (Wildman–Crippen MR) is 66.4 cm³/mol. The number of rotatable bonds is 4. The second kappa shape index (κ2) is 5.14. The van der Waals surface area contributed by atoms with Gasteiger partial charge in [0.05, 0.1) is 10.5 Å². The Hall–Kier alpha value is -1.95. The highest BCUT2D eigenvalue weighted by molar-refractivity contribution is 5.94. The third-order valence-electron chi connectivity index (χ3n) is 2.30. The van der Waals surface area contributed by atoms with E-state index >= 15 is 0 Å². The molecule has 0 saturated carbocycles. The van der Waals surface area contributed by atoms with E-state index in [9.17, 15) is 20.0 Å². The quantitative estimate of drug-likeness (QED) is 0.649. The molecule has 1 amide bonds. The molecule has 0 spiro atoms. The number of carbonyl (C=O) groups is 1. The minimum atomic E-state index is -0.981. The molecule has 0 radical (unpaired) electrons. The van der Waals surface area contributed by atoms with E-state index in [1.807, 2.05) is 0 Å². The van der Waals surface area contributed by atoms with Crippen molar-refractivity contribution in [2.75, 3.05) is 13.6 Å². The number of nitro groups is 1. The number of nitrogens with zero attached hydrogens (tertiary/aromatic N) is 2. The average Bonchev–Trinajstić information content (AvgIpc) is 2.26. The molecule has 0 heterocycles. The van der Waals surface area contributed by atoms with Gasteiger partial charge in [0.25, 0.3) is 11.6 Å². The topological polar surface area (TPSA) is 83.7 Å². The lowest BCUT2D eigenvalue weighted by Crippen LogP contribution is -2.39. The Balaban J connectivity index is 2.81.